The largest absolute Gasteiger partial charge is 1.00 e. The normalized spacial score (nSPS) is 19.8. The van der Waals surface area contributed by atoms with E-state index in [-0.39, 0.29) is 43.9 Å². The Morgan fingerprint density at radius 1 is 1.19 bits per heavy atom. The predicted octanol–water partition coefficient (Wildman–Crippen LogP) is -0.137. The van der Waals surface area contributed by atoms with Crippen molar-refractivity contribution in [3.05, 3.63) is 70.8 Å². The maximum atomic E-state index is 14.1. The van der Waals surface area contributed by atoms with E-state index in [1.54, 1.807) is 19.1 Å². The number of carboxylic acids is 1. The van der Waals surface area contributed by atoms with Gasteiger partial charge < -0.3 is 15.2 Å². The van der Waals surface area contributed by atoms with Crippen molar-refractivity contribution in [1.82, 2.24) is 10.2 Å². The molecule has 0 saturated carbocycles. The molecule has 3 atom stereocenters. The summed E-state index contributed by atoms with van der Waals surface area (Å²) in [6.07, 6.45) is -5.80. The summed E-state index contributed by atoms with van der Waals surface area (Å²) in [5.74, 6) is -1.75. The average molecular weight is 444 g/mol. The van der Waals surface area contributed by atoms with Crippen LogP contribution in [-0.4, -0.2) is 35.5 Å². The first kappa shape index (κ1) is 25.9. The summed E-state index contributed by atoms with van der Waals surface area (Å²) in [7, 11) is 0. The summed E-state index contributed by atoms with van der Waals surface area (Å²) in [6, 6.07) is 9.27. The number of halogens is 4. The minimum atomic E-state index is -4.48. The number of carbonyl (C=O) groups excluding carboxylic acids is 2. The number of carbonyl (C=O) groups is 2. The zero-order valence-corrected chi connectivity index (χ0v) is 17.7. The third-order valence-electron chi connectivity index (χ3n) is 5.30. The first-order chi connectivity index (χ1) is 14.5. The summed E-state index contributed by atoms with van der Waals surface area (Å²) >= 11 is 0. The predicted molar refractivity (Wildman–Crippen MR) is 102 cm³/mol. The van der Waals surface area contributed by atoms with Gasteiger partial charge in [-0.2, -0.15) is 13.2 Å². The molecule has 1 heterocycles. The fraction of sp³-hybridized carbons (Fsp3) is 0.364. The van der Waals surface area contributed by atoms with Crippen molar-refractivity contribution in [2.24, 2.45) is 0 Å². The van der Waals surface area contributed by atoms with Crippen LogP contribution in [0, 0.1) is 0 Å². The summed E-state index contributed by atoms with van der Waals surface area (Å²) in [6.45, 7) is 1.66. The number of hydrogen-bond acceptors (Lipinski definition) is 4. The molecule has 0 aliphatic carbocycles. The number of nitrogens with one attached hydrogen (secondary N) is 1. The van der Waals surface area contributed by atoms with Crippen LogP contribution >= 0.6 is 0 Å². The second-order valence-corrected chi connectivity index (χ2v) is 7.62. The number of amides is 1. The van der Waals surface area contributed by atoms with E-state index in [1.165, 1.54) is 29.2 Å². The fourth-order valence-corrected chi connectivity index (χ4v) is 3.68. The van der Waals surface area contributed by atoms with E-state index in [1.807, 2.05) is 0 Å². The molecule has 1 fully saturated rings. The second-order valence-electron chi connectivity index (χ2n) is 7.62. The van der Waals surface area contributed by atoms with Gasteiger partial charge in [0.15, 0.2) is 0 Å². The molecule has 10 heteroatoms. The Morgan fingerprint density at radius 2 is 1.84 bits per heavy atom. The molecular weight excluding hydrogens is 423 g/mol. The Balaban J connectivity index is 0.00000363. The Kier molecular flexibility index (Phi) is 8.52. The number of nitrogens with zero attached hydrogens (tertiary/aromatic N) is 1. The molecule has 0 bridgehead atoms. The molecule has 32 heavy (non-hydrogen) atoms. The fourth-order valence-electron chi connectivity index (χ4n) is 3.68. The molecule has 5 nitrogen and oxygen atoms in total. The molecule has 3 rings (SSSR count). The van der Waals surface area contributed by atoms with E-state index in [4.69, 9.17) is 0 Å². The number of hydrogen-bond donors (Lipinski definition) is 1. The third-order valence-corrected chi connectivity index (χ3v) is 5.30. The van der Waals surface area contributed by atoms with Crippen molar-refractivity contribution < 1.29 is 51.1 Å². The maximum absolute atomic E-state index is 14.1. The molecule has 0 radical (unpaired) electrons. The van der Waals surface area contributed by atoms with Crippen LogP contribution in [0.4, 0.5) is 17.6 Å². The van der Waals surface area contributed by atoms with Crippen LogP contribution in [0.15, 0.2) is 48.5 Å². The topological polar surface area (TPSA) is 72.5 Å². The van der Waals surface area contributed by atoms with Gasteiger partial charge in [-0.15, -0.1) is 0 Å². The van der Waals surface area contributed by atoms with Gasteiger partial charge in [0.1, 0.15) is 6.17 Å². The molecule has 2 aromatic carbocycles. The molecule has 0 aromatic heterocycles. The van der Waals surface area contributed by atoms with Gasteiger partial charge in [0.05, 0.1) is 23.6 Å². The Bertz CT molecular complexity index is 953. The van der Waals surface area contributed by atoms with Gasteiger partial charge in [0.2, 0.25) is 5.91 Å². The van der Waals surface area contributed by atoms with Crippen molar-refractivity contribution in [2.45, 2.75) is 44.3 Å². The van der Waals surface area contributed by atoms with Crippen LogP contribution in [0.1, 0.15) is 46.4 Å². The second kappa shape index (κ2) is 10.5. The van der Waals surface area contributed by atoms with Crippen LogP contribution in [0.3, 0.4) is 0 Å². The Hall–Kier alpha value is -2.34. The summed E-state index contributed by atoms with van der Waals surface area (Å²) in [5.41, 5.74) is 0.200. The Morgan fingerprint density at radius 3 is 2.44 bits per heavy atom. The van der Waals surface area contributed by atoms with Gasteiger partial charge in [0, 0.05) is 19.5 Å². The van der Waals surface area contributed by atoms with Gasteiger partial charge in [-0.3, -0.25) is 9.69 Å². The standard InChI is InChI=1S/C22H22F4N2O3.Li/c1-13(15-5-7-16(8-6-15)21(30)31)27-20(29)19-10-18(23)12-28(19)11-14-3-2-4-17(9-14)22(24,25)26;/h2-9,13,18-19H,10-12H2,1H3,(H,27,29)(H,30,31);/q;+1/p-1/t13?,18-,19?;/m0./s1. The minimum Gasteiger partial charge on any atom is -0.545 e. The molecule has 166 valence electrons. The molecule has 0 spiro atoms. The zero-order chi connectivity index (χ0) is 22.8. The van der Waals surface area contributed by atoms with E-state index in [2.05, 4.69) is 5.32 Å². The monoisotopic (exact) mass is 444 g/mol. The zero-order valence-electron chi connectivity index (χ0n) is 17.7. The van der Waals surface area contributed by atoms with Gasteiger partial charge in [-0.05, 0) is 29.7 Å². The quantitative estimate of drug-likeness (QED) is 0.498. The maximum Gasteiger partial charge on any atom is 1.00 e. The van der Waals surface area contributed by atoms with Crippen molar-refractivity contribution in [1.29, 1.82) is 0 Å². The van der Waals surface area contributed by atoms with Crippen molar-refractivity contribution in [3.63, 3.8) is 0 Å². The number of rotatable bonds is 6. The van der Waals surface area contributed by atoms with Crippen molar-refractivity contribution in [2.75, 3.05) is 6.54 Å². The van der Waals surface area contributed by atoms with E-state index in [0.29, 0.717) is 11.1 Å². The van der Waals surface area contributed by atoms with Gasteiger partial charge in [0.25, 0.3) is 0 Å². The number of carboxylic acid groups (broad SMARTS) is 1. The first-order valence-corrected chi connectivity index (χ1v) is 9.70. The van der Waals surface area contributed by atoms with E-state index in [0.717, 1.165) is 12.1 Å². The van der Waals surface area contributed by atoms with Crippen LogP contribution in [0.5, 0.6) is 0 Å². The number of benzene rings is 2. The average Bonchev–Trinajstić information content (AvgIpc) is 3.07. The van der Waals surface area contributed by atoms with E-state index >= 15 is 0 Å². The molecule has 1 aliphatic heterocycles. The number of aromatic carboxylic acids is 1. The molecular formula is C22H21F4LiN2O3. The molecule has 1 aliphatic rings. The van der Waals surface area contributed by atoms with E-state index in [9.17, 15) is 32.3 Å². The molecule has 1 saturated heterocycles. The van der Waals surface area contributed by atoms with Crippen LogP contribution < -0.4 is 29.3 Å². The third kappa shape index (κ3) is 6.34. The van der Waals surface area contributed by atoms with Crippen molar-refractivity contribution in [3.8, 4) is 0 Å². The smallest absolute Gasteiger partial charge is 0.545 e. The molecule has 1 N–H and O–H groups in total. The number of alkyl halides is 4. The Labute approximate surface area is 195 Å². The SMILES string of the molecule is CC(NC(=O)C1C[C@H](F)CN1Cc1cccc(C(F)(F)F)c1)c1ccc(C(=O)[O-])cc1.[Li+]. The number of likely N-dealkylation sites (tertiary alicyclic amines) is 1. The van der Waals surface area contributed by atoms with Crippen molar-refractivity contribution >= 4 is 11.9 Å². The summed E-state index contributed by atoms with van der Waals surface area (Å²) in [4.78, 5) is 25.1. The summed E-state index contributed by atoms with van der Waals surface area (Å²) < 4.78 is 52.9. The van der Waals surface area contributed by atoms with Gasteiger partial charge in [-0.1, -0.05) is 42.5 Å². The molecule has 1 amide bonds. The molecule has 2 unspecified atom stereocenters. The van der Waals surface area contributed by atoms with Crippen LogP contribution in [0.25, 0.3) is 0 Å². The minimum absolute atomic E-state index is 0. The summed E-state index contributed by atoms with van der Waals surface area (Å²) in [5, 5.41) is 13.6. The van der Waals surface area contributed by atoms with Crippen LogP contribution in [0.2, 0.25) is 0 Å². The first-order valence-electron chi connectivity index (χ1n) is 9.70. The van der Waals surface area contributed by atoms with Gasteiger partial charge >= 0.3 is 25.0 Å². The van der Waals surface area contributed by atoms with E-state index < -0.39 is 41.9 Å². The van der Waals surface area contributed by atoms with Gasteiger partial charge in [-0.25, -0.2) is 4.39 Å². The molecule has 2 aromatic rings. The van der Waals surface area contributed by atoms with Crippen LogP contribution in [-0.2, 0) is 17.5 Å².